The lowest BCUT2D eigenvalue weighted by Gasteiger charge is -2.45. The molecule has 0 bridgehead atoms. The molecule has 0 amide bonds. The summed E-state index contributed by atoms with van der Waals surface area (Å²) in [6.07, 6.45) is -47.0. The summed E-state index contributed by atoms with van der Waals surface area (Å²) in [5, 5.41) is 0. The minimum absolute atomic E-state index is 0.429. The van der Waals surface area contributed by atoms with Gasteiger partial charge in [0.05, 0.1) is 38.4 Å². The second-order valence-corrected chi connectivity index (χ2v) is 24.7. The molecule has 0 aliphatic carbocycles. The third-order valence-corrected chi connectivity index (χ3v) is 13.2. The molecule has 28 nitrogen and oxygen atoms in total. The Balaban J connectivity index is 9.43. The predicted octanol–water partition coefficient (Wildman–Crippen LogP) is 7.56. The fourth-order valence-corrected chi connectivity index (χ4v) is 9.82. The van der Waals surface area contributed by atoms with Crippen LogP contribution in [0.4, 0.5) is 92.2 Å². The molecule has 0 spiro atoms. The first-order valence-electron chi connectivity index (χ1n) is 28.8. The van der Waals surface area contributed by atoms with Gasteiger partial charge in [-0.25, -0.2) is 33.6 Å². The lowest BCUT2D eigenvalue weighted by Crippen LogP contribution is -2.50. The maximum Gasteiger partial charge on any atom is 0.422 e. The first-order chi connectivity index (χ1) is 47.1. The second-order valence-electron chi connectivity index (χ2n) is 24.7. The van der Waals surface area contributed by atoms with Crippen molar-refractivity contribution in [2.45, 2.75) is 137 Å². The van der Waals surface area contributed by atoms with Crippen molar-refractivity contribution in [3.8, 4) is 0 Å². The molecular weight excluding hydrogens is 1520 g/mol. The Hall–Kier alpha value is -8.89. The summed E-state index contributed by atoms with van der Waals surface area (Å²) in [5.41, 5.74) is -18.7. The Labute approximate surface area is 576 Å². The van der Waals surface area contributed by atoms with E-state index in [2.05, 4.69) is 37.9 Å². The number of halogens is 21. The molecule has 6 unspecified atom stereocenters. The monoisotopic (exact) mass is 1580 g/mol. The van der Waals surface area contributed by atoms with Crippen molar-refractivity contribution < 1.29 is 226 Å². The van der Waals surface area contributed by atoms with Gasteiger partial charge >= 0.3 is 127 Å². The van der Waals surface area contributed by atoms with Crippen LogP contribution in [-0.2, 0) is 133 Å². The minimum atomic E-state index is -5.38. The minimum Gasteiger partial charge on any atom is -0.454 e. The zero-order valence-electron chi connectivity index (χ0n) is 55.6. The standard InChI is InChI=1S/C56H65F21O28/c1-29(37(85)92-10-30(78)99-22-50(57,58)59)9-45(4,39(87)94-12-32(80)101-24-52(63,64)65)18-47(6,41(89)96-14-34(82)103-26-54(69,70)71)20-49(8,43(91)98-16-36(84)105-28-56(75,76)77)21-48(7,42(90)97-15-35(83)104-27-55(72,73)74)19-46(5,40(88)95-13-33(81)102-25-53(66,67)68)17-44(2,3)38(86)93-11-31(79)100-23-51(60,61)62/h29H,9-28H2,1-8H3. The van der Waals surface area contributed by atoms with E-state index in [1.54, 1.807) is 0 Å². The molecular formula is C56H65F21O28. The van der Waals surface area contributed by atoms with Gasteiger partial charge in [0.15, 0.2) is 92.5 Å². The summed E-state index contributed by atoms with van der Waals surface area (Å²) >= 11 is 0. The fraction of sp³-hybridized carbons (Fsp3) is 0.750. The van der Waals surface area contributed by atoms with Gasteiger partial charge in [-0.3, -0.25) is 33.6 Å². The van der Waals surface area contributed by atoms with E-state index in [4.69, 9.17) is 28.4 Å². The molecule has 6 atom stereocenters. The van der Waals surface area contributed by atoms with E-state index in [-0.39, 0.29) is 0 Å². The maximum absolute atomic E-state index is 15.0. The van der Waals surface area contributed by atoms with Crippen LogP contribution in [-0.4, -0.2) is 219 Å². The summed E-state index contributed by atoms with van der Waals surface area (Å²) in [6, 6.07) is 0. The van der Waals surface area contributed by atoms with E-state index in [1.807, 2.05) is 0 Å². The Bertz CT molecular complexity index is 3070. The summed E-state index contributed by atoms with van der Waals surface area (Å²) < 4.78 is 335. The molecule has 0 saturated heterocycles. The number of hydrogen-bond acceptors (Lipinski definition) is 28. The third-order valence-electron chi connectivity index (χ3n) is 13.2. The summed E-state index contributed by atoms with van der Waals surface area (Å²) in [4.78, 5) is 188. The zero-order valence-corrected chi connectivity index (χ0v) is 55.6. The van der Waals surface area contributed by atoms with Crippen molar-refractivity contribution in [2.75, 3.05) is 92.5 Å². The number of hydrogen-bond donors (Lipinski definition) is 0. The number of alkyl halides is 21. The van der Waals surface area contributed by atoms with E-state index in [0.29, 0.717) is 34.6 Å². The number of carbonyl (C=O) groups is 14. The summed E-state index contributed by atoms with van der Waals surface area (Å²) in [5.74, 6) is -30.8. The van der Waals surface area contributed by atoms with E-state index in [9.17, 15) is 155 Å². The molecule has 0 aliphatic rings. The van der Waals surface area contributed by atoms with Crippen molar-refractivity contribution in [1.82, 2.24) is 0 Å². The largest absolute Gasteiger partial charge is 0.454 e. The molecule has 0 N–H and O–H groups in total. The topological polar surface area (TPSA) is 368 Å². The lowest BCUT2D eigenvalue weighted by molar-refractivity contribution is -0.195. The van der Waals surface area contributed by atoms with E-state index >= 15 is 4.79 Å². The summed E-state index contributed by atoms with van der Waals surface area (Å²) in [7, 11) is 0. The number of ether oxygens (including phenoxy) is 14. The first kappa shape index (κ1) is 96.1. The van der Waals surface area contributed by atoms with Crippen LogP contribution in [0.15, 0.2) is 0 Å². The second kappa shape index (κ2) is 38.4. The smallest absolute Gasteiger partial charge is 0.422 e. The highest BCUT2D eigenvalue weighted by Gasteiger charge is 2.59. The number of carbonyl (C=O) groups excluding carboxylic acids is 14. The van der Waals surface area contributed by atoms with Gasteiger partial charge in [-0.2, -0.15) is 92.2 Å². The van der Waals surface area contributed by atoms with Gasteiger partial charge in [0.2, 0.25) is 0 Å². The Kier molecular flexibility index (Phi) is 35.1. The molecule has 0 rings (SSSR count). The van der Waals surface area contributed by atoms with Crippen LogP contribution < -0.4 is 0 Å². The van der Waals surface area contributed by atoms with Gasteiger partial charge in [-0.05, 0) is 87.0 Å². The highest BCUT2D eigenvalue weighted by atomic mass is 19.4. The number of rotatable bonds is 40. The normalized spacial score (nSPS) is 15.6. The molecule has 0 aromatic heterocycles. The maximum atomic E-state index is 15.0. The van der Waals surface area contributed by atoms with Crippen LogP contribution in [0.1, 0.15) is 93.9 Å². The molecule has 0 aromatic carbocycles. The SMILES string of the molecule is CC(CC(C)(CC(C)(CC(C)(CC(C)(CC(C)(CC(C)(C)C(=O)OCC(=O)OCC(F)(F)F)C(=O)OCC(=O)OCC(F)(F)F)C(=O)OCC(=O)OCC(F)(F)F)C(=O)OCC(=O)OCC(F)(F)F)C(=O)OCC(=O)OCC(F)(F)F)C(=O)OCC(=O)OCC(F)(F)F)C(=O)OCC(=O)OCC(F)(F)F. The fourth-order valence-electron chi connectivity index (χ4n) is 9.82. The third kappa shape index (κ3) is 40.3. The van der Waals surface area contributed by atoms with Gasteiger partial charge in [0, 0.05) is 0 Å². The first-order valence-corrected chi connectivity index (χ1v) is 28.8. The lowest BCUT2D eigenvalue weighted by atomic mass is 9.58. The molecule has 0 radical (unpaired) electrons. The van der Waals surface area contributed by atoms with Crippen LogP contribution in [0.3, 0.4) is 0 Å². The van der Waals surface area contributed by atoms with Crippen molar-refractivity contribution in [2.24, 2.45) is 38.4 Å². The number of esters is 14. The quantitative estimate of drug-likeness (QED) is 0.0324. The Morgan fingerprint density at radius 2 is 0.390 bits per heavy atom. The van der Waals surface area contributed by atoms with Gasteiger partial charge in [0.25, 0.3) is 0 Å². The van der Waals surface area contributed by atoms with Crippen LogP contribution in [0.2, 0.25) is 0 Å². The highest BCUT2D eigenvalue weighted by molar-refractivity contribution is 5.89. The van der Waals surface area contributed by atoms with E-state index < -0.39 is 296 Å². The molecule has 604 valence electrons. The zero-order chi connectivity index (χ0) is 82.2. The molecule has 0 aromatic rings. The van der Waals surface area contributed by atoms with Crippen molar-refractivity contribution >= 4 is 83.6 Å². The summed E-state index contributed by atoms with van der Waals surface area (Å²) in [6.45, 7) is -25.4. The van der Waals surface area contributed by atoms with Crippen LogP contribution >= 0.6 is 0 Å². The molecule has 105 heavy (non-hydrogen) atoms. The van der Waals surface area contributed by atoms with Crippen LogP contribution in [0.5, 0.6) is 0 Å². The van der Waals surface area contributed by atoms with Gasteiger partial charge in [-0.15, -0.1) is 0 Å². The van der Waals surface area contributed by atoms with E-state index in [1.165, 1.54) is 0 Å². The average molecular weight is 1590 g/mol. The highest BCUT2D eigenvalue weighted by Crippen LogP contribution is 2.54. The molecule has 0 heterocycles. The van der Waals surface area contributed by atoms with Crippen LogP contribution in [0.25, 0.3) is 0 Å². The Morgan fingerprint density at radius 1 is 0.229 bits per heavy atom. The molecule has 0 aliphatic heterocycles. The molecule has 0 saturated carbocycles. The average Bonchev–Trinajstić information content (AvgIpc) is 0.757. The van der Waals surface area contributed by atoms with Gasteiger partial charge in [-0.1, -0.05) is 6.92 Å². The molecule has 0 fully saturated rings. The Morgan fingerprint density at radius 3 is 0.590 bits per heavy atom. The van der Waals surface area contributed by atoms with Crippen LogP contribution in [0, 0.1) is 38.4 Å². The van der Waals surface area contributed by atoms with Gasteiger partial charge in [0.1, 0.15) is 0 Å². The molecule has 49 heteroatoms. The van der Waals surface area contributed by atoms with E-state index in [0.717, 1.165) is 20.8 Å². The van der Waals surface area contributed by atoms with Crippen molar-refractivity contribution in [1.29, 1.82) is 0 Å². The van der Waals surface area contributed by atoms with Crippen molar-refractivity contribution in [3.63, 3.8) is 0 Å². The van der Waals surface area contributed by atoms with Gasteiger partial charge < -0.3 is 66.3 Å². The van der Waals surface area contributed by atoms with Crippen molar-refractivity contribution in [3.05, 3.63) is 0 Å². The predicted molar refractivity (Wildman–Crippen MR) is 287 cm³/mol.